The van der Waals surface area contributed by atoms with Crippen LogP contribution in [0.3, 0.4) is 0 Å². The molecule has 1 aliphatic rings. The Balaban J connectivity index is 1.39. The second-order valence-corrected chi connectivity index (χ2v) is 8.94. The molecule has 0 aromatic heterocycles. The second-order valence-electron chi connectivity index (χ2n) is 8.94. The van der Waals surface area contributed by atoms with Crippen molar-refractivity contribution >= 4 is 16.9 Å². The van der Waals surface area contributed by atoms with Gasteiger partial charge in [-0.2, -0.15) is 0 Å². The van der Waals surface area contributed by atoms with E-state index >= 15 is 0 Å². The van der Waals surface area contributed by atoms with E-state index in [0.29, 0.717) is 17.9 Å². The fourth-order valence-corrected chi connectivity index (χ4v) is 4.42. The van der Waals surface area contributed by atoms with Gasteiger partial charge in [-0.3, -0.25) is 9.59 Å². The van der Waals surface area contributed by atoms with Gasteiger partial charge in [-0.05, 0) is 62.5 Å². The number of nitrogens with one attached hydrogen (secondary N) is 2. The topological polar surface area (TPSA) is 61.4 Å². The first kappa shape index (κ1) is 22.0. The summed E-state index contributed by atoms with van der Waals surface area (Å²) in [5.41, 5.74) is 5.17. The molecule has 0 radical (unpaired) electrons. The highest BCUT2D eigenvalue weighted by atomic mass is 16.2. The van der Waals surface area contributed by atoms with E-state index in [-0.39, 0.29) is 12.1 Å². The largest absolute Gasteiger partial charge is 0.378 e. The molecule has 0 saturated carbocycles. The molecule has 0 aliphatic heterocycles. The summed E-state index contributed by atoms with van der Waals surface area (Å²) in [4.78, 5) is 26.7. The van der Waals surface area contributed by atoms with Gasteiger partial charge in [0.1, 0.15) is 11.4 Å². The molecule has 0 spiro atoms. The Bertz CT molecular complexity index is 1170. The minimum Gasteiger partial charge on any atom is -0.378 e. The monoisotopic (exact) mass is 429 g/mol. The standard InChI is InChI=1S/C27H31N3O2/c1-18(15-21-14-13-20-11-7-8-12-23(20)21)29-25-24(26(31)27(25)32)28-17-22(30(2)3)16-19-9-5-4-6-10-19/h4-12,14,18,22,28-29H,13,15-17H2,1-3H3. The Hall–Kier alpha value is -3.18. The van der Waals surface area contributed by atoms with Crippen LogP contribution < -0.4 is 21.5 Å². The van der Waals surface area contributed by atoms with E-state index in [1.165, 1.54) is 22.3 Å². The van der Waals surface area contributed by atoms with Crippen molar-refractivity contribution in [1.82, 2.24) is 4.90 Å². The lowest BCUT2D eigenvalue weighted by molar-refractivity contribution is 0.303. The number of fused-ring (bicyclic) bond motifs is 1. The Morgan fingerprint density at radius 3 is 2.34 bits per heavy atom. The quantitative estimate of drug-likeness (QED) is 0.481. The molecule has 4 rings (SSSR count). The third-order valence-corrected chi connectivity index (χ3v) is 6.32. The van der Waals surface area contributed by atoms with E-state index in [1.807, 2.05) is 32.3 Å². The Labute approximate surface area is 189 Å². The van der Waals surface area contributed by atoms with Crippen molar-refractivity contribution in [3.63, 3.8) is 0 Å². The Morgan fingerprint density at radius 1 is 0.906 bits per heavy atom. The minimum absolute atomic E-state index is 0.0465. The van der Waals surface area contributed by atoms with Crippen LogP contribution in [0.5, 0.6) is 0 Å². The average molecular weight is 430 g/mol. The molecule has 3 aromatic rings. The molecule has 2 N–H and O–H groups in total. The third kappa shape index (κ3) is 4.68. The molecule has 5 nitrogen and oxygen atoms in total. The minimum atomic E-state index is -0.428. The molecule has 2 atom stereocenters. The Morgan fingerprint density at radius 2 is 1.59 bits per heavy atom. The summed E-state index contributed by atoms with van der Waals surface area (Å²) in [6.45, 7) is 2.65. The van der Waals surface area contributed by atoms with E-state index in [9.17, 15) is 9.59 Å². The van der Waals surface area contributed by atoms with Crippen molar-refractivity contribution < 1.29 is 0 Å². The molecule has 0 saturated heterocycles. The lowest BCUT2D eigenvalue weighted by atomic mass is 10.00. The molecule has 1 aliphatic carbocycles. The van der Waals surface area contributed by atoms with Crippen LogP contribution in [0, 0.1) is 0 Å². The van der Waals surface area contributed by atoms with Crippen molar-refractivity contribution in [3.05, 3.63) is 97.8 Å². The maximum absolute atomic E-state index is 12.3. The van der Waals surface area contributed by atoms with Crippen molar-refractivity contribution in [3.8, 4) is 0 Å². The van der Waals surface area contributed by atoms with E-state index in [4.69, 9.17) is 0 Å². The van der Waals surface area contributed by atoms with E-state index in [1.54, 1.807) is 0 Å². The van der Waals surface area contributed by atoms with Crippen LogP contribution in [0.4, 0.5) is 11.4 Å². The van der Waals surface area contributed by atoms with Gasteiger partial charge < -0.3 is 15.5 Å². The number of anilines is 2. The summed E-state index contributed by atoms with van der Waals surface area (Å²) in [5, 5.41) is 6.56. The lowest BCUT2D eigenvalue weighted by Crippen LogP contribution is -2.42. The van der Waals surface area contributed by atoms with Gasteiger partial charge in [-0.25, -0.2) is 0 Å². The molecule has 166 valence electrons. The zero-order chi connectivity index (χ0) is 22.7. The van der Waals surface area contributed by atoms with Gasteiger partial charge in [0, 0.05) is 18.6 Å². The van der Waals surface area contributed by atoms with Crippen molar-refractivity contribution in [2.45, 2.75) is 38.3 Å². The number of benzene rings is 2. The maximum atomic E-state index is 12.3. The van der Waals surface area contributed by atoms with Crippen LogP contribution in [0.15, 0.2) is 70.3 Å². The molecule has 0 fully saturated rings. The first-order chi connectivity index (χ1) is 15.4. The molecular weight excluding hydrogens is 398 g/mol. The van der Waals surface area contributed by atoms with Gasteiger partial charge >= 0.3 is 0 Å². The highest BCUT2D eigenvalue weighted by molar-refractivity contribution is 5.76. The molecule has 32 heavy (non-hydrogen) atoms. The van der Waals surface area contributed by atoms with E-state index in [0.717, 1.165) is 19.3 Å². The number of allylic oxidation sites excluding steroid dienone is 1. The fourth-order valence-electron chi connectivity index (χ4n) is 4.42. The van der Waals surface area contributed by atoms with E-state index < -0.39 is 10.9 Å². The summed E-state index contributed by atoms with van der Waals surface area (Å²) in [6.07, 6.45) is 4.89. The fraction of sp³-hybridized carbons (Fsp3) is 0.333. The predicted octanol–water partition coefficient (Wildman–Crippen LogP) is 3.70. The first-order valence-corrected chi connectivity index (χ1v) is 11.3. The highest BCUT2D eigenvalue weighted by Gasteiger charge is 2.24. The number of nitrogens with zero attached hydrogens (tertiary/aromatic N) is 1. The zero-order valence-electron chi connectivity index (χ0n) is 19.0. The molecular formula is C27H31N3O2. The van der Waals surface area contributed by atoms with Crippen molar-refractivity contribution in [1.29, 1.82) is 0 Å². The number of hydrogen-bond acceptors (Lipinski definition) is 5. The lowest BCUT2D eigenvalue weighted by Gasteiger charge is -2.26. The molecule has 0 heterocycles. The molecule has 2 unspecified atom stereocenters. The third-order valence-electron chi connectivity index (χ3n) is 6.32. The van der Waals surface area contributed by atoms with Crippen LogP contribution in [0.1, 0.15) is 30.0 Å². The smallest absolute Gasteiger partial charge is 0.253 e. The van der Waals surface area contributed by atoms with Gasteiger partial charge in [0.15, 0.2) is 0 Å². The van der Waals surface area contributed by atoms with Crippen molar-refractivity contribution in [2.75, 3.05) is 31.3 Å². The van der Waals surface area contributed by atoms with Crippen molar-refractivity contribution in [2.24, 2.45) is 0 Å². The second kappa shape index (κ2) is 9.53. The van der Waals surface area contributed by atoms with Gasteiger partial charge in [-0.1, -0.05) is 60.7 Å². The number of hydrogen-bond donors (Lipinski definition) is 2. The Kier molecular flexibility index (Phi) is 6.56. The van der Waals surface area contributed by atoms with Gasteiger partial charge in [-0.15, -0.1) is 0 Å². The van der Waals surface area contributed by atoms with Crippen LogP contribution in [-0.4, -0.2) is 37.6 Å². The van der Waals surface area contributed by atoms with Crippen LogP contribution in [0.2, 0.25) is 0 Å². The van der Waals surface area contributed by atoms with Gasteiger partial charge in [0.2, 0.25) is 0 Å². The average Bonchev–Trinajstić information content (AvgIpc) is 3.20. The molecule has 3 aromatic carbocycles. The molecule has 0 bridgehead atoms. The van der Waals surface area contributed by atoms with Gasteiger partial charge in [0.25, 0.3) is 10.9 Å². The summed E-state index contributed by atoms with van der Waals surface area (Å²) >= 11 is 0. The maximum Gasteiger partial charge on any atom is 0.253 e. The molecule has 0 amide bonds. The highest BCUT2D eigenvalue weighted by Crippen LogP contribution is 2.31. The molecule has 5 heteroatoms. The van der Waals surface area contributed by atoms with E-state index in [2.05, 4.69) is 64.9 Å². The summed E-state index contributed by atoms with van der Waals surface area (Å²) in [7, 11) is 4.07. The first-order valence-electron chi connectivity index (χ1n) is 11.3. The van der Waals surface area contributed by atoms with Crippen LogP contribution in [-0.2, 0) is 12.8 Å². The normalized spacial score (nSPS) is 14.8. The van der Waals surface area contributed by atoms with Crippen LogP contribution in [0.25, 0.3) is 5.57 Å². The SMILES string of the molecule is CC(CC1=CCc2ccccc21)Nc1c(NCC(Cc2ccccc2)N(C)C)c(=O)c1=O. The zero-order valence-corrected chi connectivity index (χ0v) is 19.0. The summed E-state index contributed by atoms with van der Waals surface area (Å²) < 4.78 is 0. The number of rotatable bonds is 10. The van der Waals surface area contributed by atoms with Gasteiger partial charge in [0.05, 0.1) is 0 Å². The van der Waals surface area contributed by atoms with Crippen LogP contribution >= 0.6 is 0 Å². The summed E-state index contributed by atoms with van der Waals surface area (Å²) in [6, 6.07) is 19.0. The predicted molar refractivity (Wildman–Crippen MR) is 133 cm³/mol. The summed E-state index contributed by atoms with van der Waals surface area (Å²) in [5.74, 6) is 0. The number of likely N-dealkylation sites (N-methyl/N-ethyl adjacent to an activating group) is 1.